The first-order valence-corrected chi connectivity index (χ1v) is 9.03. The molecule has 0 unspecified atom stereocenters. The van der Waals surface area contributed by atoms with Crippen LogP contribution in [0.2, 0.25) is 0 Å². The fourth-order valence-corrected chi connectivity index (χ4v) is 3.66. The molecule has 0 bridgehead atoms. The summed E-state index contributed by atoms with van der Waals surface area (Å²) in [5.74, 6) is -0.601. The van der Waals surface area contributed by atoms with Gasteiger partial charge in [-0.3, -0.25) is 9.59 Å². The van der Waals surface area contributed by atoms with Gasteiger partial charge in [0.1, 0.15) is 17.4 Å². The lowest BCUT2D eigenvalue weighted by atomic mass is 10.0. The van der Waals surface area contributed by atoms with E-state index in [4.69, 9.17) is 15.6 Å². The third-order valence-corrected chi connectivity index (χ3v) is 5.11. The number of methoxy groups -OCH3 is 1. The van der Waals surface area contributed by atoms with Gasteiger partial charge in [0.2, 0.25) is 0 Å². The summed E-state index contributed by atoms with van der Waals surface area (Å²) in [7, 11) is 3.25. The molecular weight excluding hydrogens is 372 g/mol. The van der Waals surface area contributed by atoms with Gasteiger partial charge in [0.15, 0.2) is 0 Å². The predicted octanol–water partition coefficient (Wildman–Crippen LogP) is 1.82. The van der Waals surface area contributed by atoms with Crippen LogP contribution in [0.1, 0.15) is 5.69 Å². The van der Waals surface area contributed by atoms with Gasteiger partial charge in [-0.2, -0.15) is 0 Å². The molecule has 1 atom stereocenters. The maximum Gasteiger partial charge on any atom is 0.320 e. The van der Waals surface area contributed by atoms with Crippen LogP contribution in [-0.4, -0.2) is 38.2 Å². The van der Waals surface area contributed by atoms with E-state index in [0.717, 1.165) is 10.9 Å². The number of carboxylic acid groups (broad SMARTS) is 1. The molecule has 0 aliphatic carbocycles. The molecule has 4 rings (SSSR count). The van der Waals surface area contributed by atoms with E-state index in [-0.39, 0.29) is 12.0 Å². The largest absolute Gasteiger partial charge is 0.495 e. The van der Waals surface area contributed by atoms with Gasteiger partial charge in [0, 0.05) is 42.5 Å². The van der Waals surface area contributed by atoms with Crippen LogP contribution < -0.4 is 16.0 Å². The second-order valence-electron chi connectivity index (χ2n) is 6.80. The van der Waals surface area contributed by atoms with Crippen molar-refractivity contribution in [2.75, 3.05) is 7.11 Å². The summed E-state index contributed by atoms with van der Waals surface area (Å²) in [4.78, 5) is 28.8. The van der Waals surface area contributed by atoms with E-state index in [0.29, 0.717) is 28.2 Å². The number of imidazole rings is 1. The number of hydrogen-bond acceptors (Lipinski definition) is 5. The van der Waals surface area contributed by atoms with E-state index in [1.165, 1.54) is 7.11 Å². The summed E-state index contributed by atoms with van der Waals surface area (Å²) in [5.41, 5.74) is 8.49. The highest BCUT2D eigenvalue weighted by Crippen LogP contribution is 2.35. The first-order valence-electron chi connectivity index (χ1n) is 9.03. The molecule has 0 aliphatic heterocycles. The number of ether oxygens (including phenoxy) is 1. The first kappa shape index (κ1) is 18.7. The molecule has 0 spiro atoms. The van der Waals surface area contributed by atoms with E-state index >= 15 is 0 Å². The molecule has 0 fully saturated rings. The molecule has 8 heteroatoms. The molecule has 4 aromatic rings. The number of fused-ring (bicyclic) bond motifs is 2. The molecule has 3 aromatic heterocycles. The number of carbonyl (C=O) groups is 1. The number of aliphatic carboxylic acids is 1. The Morgan fingerprint density at radius 3 is 2.76 bits per heavy atom. The zero-order valence-corrected chi connectivity index (χ0v) is 16.0. The molecule has 0 amide bonds. The topological polar surface area (TPSA) is 112 Å². The van der Waals surface area contributed by atoms with Gasteiger partial charge in [-0.1, -0.05) is 12.1 Å². The predicted molar refractivity (Wildman–Crippen MR) is 109 cm³/mol. The van der Waals surface area contributed by atoms with E-state index < -0.39 is 12.0 Å². The van der Waals surface area contributed by atoms with Gasteiger partial charge < -0.3 is 24.5 Å². The zero-order valence-electron chi connectivity index (χ0n) is 16.0. The van der Waals surface area contributed by atoms with Crippen molar-refractivity contribution in [1.82, 2.24) is 14.0 Å². The number of pyridine rings is 2. The first-order chi connectivity index (χ1) is 13.9. The van der Waals surface area contributed by atoms with Crippen molar-refractivity contribution >= 4 is 22.5 Å². The number of para-hydroxylation sites is 1. The van der Waals surface area contributed by atoms with Crippen molar-refractivity contribution in [2.24, 2.45) is 12.8 Å². The normalized spacial score (nSPS) is 12.4. The number of carboxylic acids is 1. The molecule has 8 nitrogen and oxygen atoms in total. The maximum atomic E-state index is 13.2. The monoisotopic (exact) mass is 392 g/mol. The van der Waals surface area contributed by atoms with Crippen LogP contribution in [0.3, 0.4) is 0 Å². The number of nitrogens with two attached hydrogens (primary N) is 1. The zero-order chi connectivity index (χ0) is 20.7. The average molecular weight is 392 g/mol. The maximum absolute atomic E-state index is 13.2. The van der Waals surface area contributed by atoms with Crippen molar-refractivity contribution < 1.29 is 14.6 Å². The summed E-state index contributed by atoms with van der Waals surface area (Å²) in [6.07, 6.45) is 3.46. The summed E-state index contributed by atoms with van der Waals surface area (Å²) in [5, 5.41) is 9.94. The second kappa shape index (κ2) is 7.06. The standard InChI is InChI=1S/C21H20N4O4/c1-24-16-6-4-3-5-13(16)18(29-2)17(20(24)26)14-8-7-12(11-15(22)21(27)28)25-10-9-23-19(14)25/h3-10,15H,11,22H2,1-2H3,(H,27,28)/t15-/m0/s1. The smallest absolute Gasteiger partial charge is 0.320 e. The van der Waals surface area contributed by atoms with Crippen molar-refractivity contribution in [3.05, 3.63) is 64.8 Å². The van der Waals surface area contributed by atoms with E-state index in [9.17, 15) is 9.59 Å². The van der Waals surface area contributed by atoms with Gasteiger partial charge in [-0.15, -0.1) is 0 Å². The second-order valence-corrected chi connectivity index (χ2v) is 6.80. The van der Waals surface area contributed by atoms with Crippen molar-refractivity contribution in [2.45, 2.75) is 12.5 Å². The lowest BCUT2D eigenvalue weighted by Gasteiger charge is -2.16. The molecule has 3 N–H and O–H groups in total. The van der Waals surface area contributed by atoms with Crippen LogP contribution in [0.25, 0.3) is 27.7 Å². The molecular formula is C21H20N4O4. The van der Waals surface area contributed by atoms with E-state index in [2.05, 4.69) is 4.98 Å². The Morgan fingerprint density at radius 2 is 2.03 bits per heavy atom. The van der Waals surface area contributed by atoms with Crippen LogP contribution in [0, 0.1) is 0 Å². The van der Waals surface area contributed by atoms with E-state index in [1.807, 2.05) is 24.3 Å². The quantitative estimate of drug-likeness (QED) is 0.536. The van der Waals surface area contributed by atoms with Crippen LogP contribution in [0.4, 0.5) is 0 Å². The minimum atomic E-state index is -1.08. The fourth-order valence-electron chi connectivity index (χ4n) is 3.66. The van der Waals surface area contributed by atoms with Gasteiger partial charge in [0.05, 0.1) is 18.2 Å². The SMILES string of the molecule is COc1c(-c2ccc(C[C@H](N)C(=O)O)n3ccnc23)c(=O)n(C)c2ccccc12. The Hall–Kier alpha value is -3.65. The van der Waals surface area contributed by atoms with Crippen molar-refractivity contribution in [3.8, 4) is 16.9 Å². The summed E-state index contributed by atoms with van der Waals surface area (Å²) in [6.45, 7) is 0. The Labute approximate surface area is 165 Å². The Kier molecular flexibility index (Phi) is 4.56. The lowest BCUT2D eigenvalue weighted by Crippen LogP contribution is -2.32. The molecule has 0 radical (unpaired) electrons. The number of benzene rings is 1. The molecule has 0 saturated carbocycles. The summed E-state index contributed by atoms with van der Waals surface area (Å²) in [6, 6.07) is 10.0. The number of rotatable bonds is 5. The molecule has 0 saturated heterocycles. The van der Waals surface area contributed by atoms with Crippen LogP contribution >= 0.6 is 0 Å². The Balaban J connectivity index is 2.01. The van der Waals surface area contributed by atoms with Crippen LogP contribution in [-0.2, 0) is 18.3 Å². The van der Waals surface area contributed by atoms with Crippen LogP contribution in [0.15, 0.2) is 53.6 Å². The van der Waals surface area contributed by atoms with Gasteiger partial charge in [0.25, 0.3) is 5.56 Å². The molecule has 1 aromatic carbocycles. The molecule has 3 heterocycles. The molecule has 29 heavy (non-hydrogen) atoms. The molecule has 148 valence electrons. The Morgan fingerprint density at radius 1 is 1.28 bits per heavy atom. The minimum Gasteiger partial charge on any atom is -0.495 e. The van der Waals surface area contributed by atoms with Crippen LogP contribution in [0.5, 0.6) is 5.75 Å². The van der Waals surface area contributed by atoms with Gasteiger partial charge in [-0.05, 0) is 24.3 Å². The third kappa shape index (κ3) is 2.94. The summed E-state index contributed by atoms with van der Waals surface area (Å²) >= 11 is 0. The Bertz CT molecular complexity index is 1310. The highest BCUT2D eigenvalue weighted by atomic mass is 16.5. The van der Waals surface area contributed by atoms with E-state index in [1.54, 1.807) is 40.5 Å². The third-order valence-electron chi connectivity index (χ3n) is 5.11. The highest BCUT2D eigenvalue weighted by molar-refractivity contribution is 5.95. The van der Waals surface area contributed by atoms with Crippen molar-refractivity contribution in [3.63, 3.8) is 0 Å². The van der Waals surface area contributed by atoms with Crippen molar-refractivity contribution in [1.29, 1.82) is 0 Å². The number of nitrogens with zero attached hydrogens (tertiary/aromatic N) is 3. The molecule has 0 aliphatic rings. The highest BCUT2D eigenvalue weighted by Gasteiger charge is 2.22. The summed E-state index contributed by atoms with van der Waals surface area (Å²) < 4.78 is 8.99. The number of aromatic nitrogens is 3. The number of hydrogen-bond donors (Lipinski definition) is 2. The minimum absolute atomic E-state index is 0.134. The fraction of sp³-hybridized carbons (Fsp3) is 0.190. The van der Waals surface area contributed by atoms with Gasteiger partial charge in [-0.25, -0.2) is 4.98 Å². The van der Waals surface area contributed by atoms with Gasteiger partial charge >= 0.3 is 5.97 Å². The lowest BCUT2D eigenvalue weighted by molar-refractivity contribution is -0.138. The average Bonchev–Trinajstić information content (AvgIpc) is 3.21. The number of aryl methyl sites for hydroxylation is 1.